The highest BCUT2D eigenvalue weighted by atomic mass is 16.2. The highest BCUT2D eigenvalue weighted by Gasteiger charge is 2.38. The first kappa shape index (κ1) is 20.5. The highest BCUT2D eigenvalue weighted by Crippen LogP contribution is 2.33. The zero-order chi connectivity index (χ0) is 23.6. The zero-order valence-corrected chi connectivity index (χ0v) is 18.1. The number of rotatable bonds is 3. The van der Waals surface area contributed by atoms with Crippen LogP contribution in [0.3, 0.4) is 0 Å². The van der Waals surface area contributed by atoms with Crippen LogP contribution in [0.25, 0.3) is 0 Å². The van der Waals surface area contributed by atoms with Crippen LogP contribution < -0.4 is 4.90 Å². The van der Waals surface area contributed by atoms with E-state index in [1.54, 1.807) is 12.1 Å². The van der Waals surface area contributed by atoms with Crippen LogP contribution in [0.4, 0.5) is 5.69 Å². The summed E-state index contributed by atoms with van der Waals surface area (Å²) in [4.78, 5) is 65.8. The number of anilines is 1. The molecule has 2 heterocycles. The molecule has 0 radical (unpaired) electrons. The normalized spacial score (nSPS) is 14.8. The molecule has 0 bridgehead atoms. The Balaban J connectivity index is 1.52. The molecule has 0 atom stereocenters. The van der Waals surface area contributed by atoms with Gasteiger partial charge in [0.15, 0.2) is 5.78 Å². The van der Waals surface area contributed by atoms with Crippen LogP contribution >= 0.6 is 0 Å². The molecular weight excluding hydrogens is 420 g/mol. The molecule has 2 aliphatic heterocycles. The SMILES string of the molecule is Cc1cccc(N2C(=O)c3ccc(C(=O)c4ccc5c(c4)C(=O)N(C)C5=O)cc3C2=O)c1C. The molecule has 0 N–H and O–H groups in total. The molecule has 33 heavy (non-hydrogen) atoms. The number of nitrogens with zero attached hydrogens (tertiary/aromatic N) is 2. The lowest BCUT2D eigenvalue weighted by atomic mass is 9.96. The van der Waals surface area contributed by atoms with Gasteiger partial charge in [0.25, 0.3) is 23.6 Å². The lowest BCUT2D eigenvalue weighted by Crippen LogP contribution is -2.30. The number of fused-ring (bicyclic) bond motifs is 2. The number of imide groups is 2. The molecule has 4 amide bonds. The topological polar surface area (TPSA) is 91.8 Å². The average molecular weight is 438 g/mol. The molecule has 0 saturated heterocycles. The molecule has 0 spiro atoms. The van der Waals surface area contributed by atoms with Gasteiger partial charge in [-0.3, -0.25) is 28.9 Å². The van der Waals surface area contributed by atoms with Gasteiger partial charge in [-0.15, -0.1) is 0 Å². The molecule has 2 aliphatic rings. The summed E-state index contributed by atoms with van der Waals surface area (Å²) in [6.07, 6.45) is 0. The first-order chi connectivity index (χ1) is 15.7. The molecule has 0 aromatic heterocycles. The minimum atomic E-state index is -0.491. The Kier molecular flexibility index (Phi) is 4.39. The van der Waals surface area contributed by atoms with Crippen LogP contribution in [-0.4, -0.2) is 41.4 Å². The predicted molar refractivity (Wildman–Crippen MR) is 120 cm³/mol. The summed E-state index contributed by atoms with van der Waals surface area (Å²) in [5, 5.41) is 0. The standard InChI is InChI=1S/C26H18N2O5/c1-13-5-4-6-21(14(13)2)28-25(32)18-10-8-16(12-20(18)26(28)33)22(29)15-7-9-17-19(11-15)24(31)27(3)23(17)30/h4-12H,1-3H3. The number of ketones is 1. The molecule has 162 valence electrons. The molecule has 3 aromatic rings. The molecule has 0 saturated carbocycles. The molecule has 0 unspecified atom stereocenters. The Hall–Kier alpha value is -4.39. The Bertz CT molecular complexity index is 1450. The van der Waals surface area contributed by atoms with E-state index in [0.717, 1.165) is 20.9 Å². The summed E-state index contributed by atoms with van der Waals surface area (Å²) in [5.74, 6) is -2.23. The third-order valence-corrected chi connectivity index (χ3v) is 6.32. The Morgan fingerprint density at radius 3 is 1.82 bits per heavy atom. The predicted octanol–water partition coefficient (Wildman–Crippen LogP) is 3.56. The lowest BCUT2D eigenvalue weighted by molar-refractivity contribution is 0.0692. The minimum Gasteiger partial charge on any atom is -0.289 e. The second-order valence-corrected chi connectivity index (χ2v) is 8.18. The van der Waals surface area contributed by atoms with Gasteiger partial charge in [0.1, 0.15) is 0 Å². The summed E-state index contributed by atoms with van der Waals surface area (Å²) in [5.41, 5.74) is 3.52. The molecular formula is C26H18N2O5. The van der Waals surface area contributed by atoms with Crippen molar-refractivity contribution in [3.8, 4) is 0 Å². The van der Waals surface area contributed by atoms with Gasteiger partial charge in [-0.1, -0.05) is 24.3 Å². The first-order valence-electron chi connectivity index (χ1n) is 10.3. The van der Waals surface area contributed by atoms with Crippen molar-refractivity contribution in [2.24, 2.45) is 0 Å². The van der Waals surface area contributed by atoms with Crippen LogP contribution in [0, 0.1) is 13.8 Å². The maximum atomic E-state index is 13.2. The van der Waals surface area contributed by atoms with E-state index in [1.165, 1.54) is 43.4 Å². The van der Waals surface area contributed by atoms with Crippen molar-refractivity contribution >= 4 is 35.1 Å². The molecule has 7 nitrogen and oxygen atoms in total. The molecule has 3 aromatic carbocycles. The summed E-state index contributed by atoms with van der Waals surface area (Å²) < 4.78 is 0. The molecule has 0 fully saturated rings. The van der Waals surface area contributed by atoms with Gasteiger partial charge >= 0.3 is 0 Å². The maximum Gasteiger partial charge on any atom is 0.266 e. The number of amides is 4. The fourth-order valence-corrected chi connectivity index (χ4v) is 4.25. The Morgan fingerprint density at radius 2 is 1.18 bits per heavy atom. The van der Waals surface area contributed by atoms with E-state index in [1.807, 2.05) is 19.9 Å². The Labute approximate surface area is 189 Å². The van der Waals surface area contributed by atoms with Gasteiger partial charge in [-0.05, 0) is 55.3 Å². The number of carbonyl (C=O) groups excluding carboxylic acids is 5. The molecule has 0 aliphatic carbocycles. The third kappa shape index (κ3) is 2.86. The lowest BCUT2D eigenvalue weighted by Gasteiger charge is -2.17. The highest BCUT2D eigenvalue weighted by molar-refractivity contribution is 6.35. The van der Waals surface area contributed by atoms with Gasteiger partial charge < -0.3 is 0 Å². The summed E-state index contributed by atoms with van der Waals surface area (Å²) in [7, 11) is 1.39. The first-order valence-corrected chi connectivity index (χ1v) is 10.3. The maximum absolute atomic E-state index is 13.2. The smallest absolute Gasteiger partial charge is 0.266 e. The second-order valence-electron chi connectivity index (χ2n) is 8.18. The van der Waals surface area contributed by atoms with Crippen molar-refractivity contribution in [3.63, 3.8) is 0 Å². The van der Waals surface area contributed by atoms with E-state index in [9.17, 15) is 24.0 Å². The van der Waals surface area contributed by atoms with Crippen LogP contribution in [0.1, 0.15) is 68.5 Å². The van der Waals surface area contributed by atoms with E-state index in [2.05, 4.69) is 0 Å². The monoisotopic (exact) mass is 438 g/mol. The van der Waals surface area contributed by atoms with Crippen LogP contribution in [0.2, 0.25) is 0 Å². The number of hydrogen-bond donors (Lipinski definition) is 0. The number of hydrogen-bond acceptors (Lipinski definition) is 5. The van der Waals surface area contributed by atoms with Crippen molar-refractivity contribution in [3.05, 3.63) is 99.1 Å². The van der Waals surface area contributed by atoms with Gasteiger partial charge in [0.05, 0.1) is 27.9 Å². The van der Waals surface area contributed by atoms with E-state index >= 15 is 0 Å². The van der Waals surface area contributed by atoms with Crippen LogP contribution in [0.5, 0.6) is 0 Å². The van der Waals surface area contributed by atoms with E-state index < -0.39 is 29.4 Å². The quantitative estimate of drug-likeness (QED) is 0.461. The fourth-order valence-electron chi connectivity index (χ4n) is 4.25. The third-order valence-electron chi connectivity index (χ3n) is 6.32. The average Bonchev–Trinajstić information content (AvgIpc) is 3.19. The van der Waals surface area contributed by atoms with Crippen molar-refractivity contribution in [2.45, 2.75) is 13.8 Å². The van der Waals surface area contributed by atoms with E-state index in [0.29, 0.717) is 5.69 Å². The van der Waals surface area contributed by atoms with Crippen LogP contribution in [-0.2, 0) is 0 Å². The summed E-state index contributed by atoms with van der Waals surface area (Å²) in [6, 6.07) is 14.1. The van der Waals surface area contributed by atoms with Crippen LogP contribution in [0.15, 0.2) is 54.6 Å². The summed E-state index contributed by atoms with van der Waals surface area (Å²) in [6.45, 7) is 3.75. The largest absolute Gasteiger partial charge is 0.289 e. The van der Waals surface area contributed by atoms with Crippen molar-refractivity contribution in [2.75, 3.05) is 11.9 Å². The van der Waals surface area contributed by atoms with Crippen molar-refractivity contribution < 1.29 is 24.0 Å². The van der Waals surface area contributed by atoms with E-state index in [4.69, 9.17) is 0 Å². The number of benzene rings is 3. The Morgan fingerprint density at radius 1 is 0.667 bits per heavy atom. The number of aryl methyl sites for hydroxylation is 1. The number of carbonyl (C=O) groups is 5. The zero-order valence-electron chi connectivity index (χ0n) is 18.1. The molecule has 7 heteroatoms. The van der Waals surface area contributed by atoms with Crippen molar-refractivity contribution in [1.82, 2.24) is 4.90 Å². The van der Waals surface area contributed by atoms with Gasteiger partial charge in [0.2, 0.25) is 0 Å². The minimum absolute atomic E-state index is 0.152. The fraction of sp³-hybridized carbons (Fsp3) is 0.115. The van der Waals surface area contributed by atoms with Gasteiger partial charge in [-0.2, -0.15) is 0 Å². The van der Waals surface area contributed by atoms with Gasteiger partial charge in [0, 0.05) is 18.2 Å². The van der Waals surface area contributed by atoms with E-state index in [-0.39, 0.29) is 33.4 Å². The van der Waals surface area contributed by atoms with Crippen molar-refractivity contribution in [1.29, 1.82) is 0 Å². The second kappa shape index (κ2) is 7.06. The summed E-state index contributed by atoms with van der Waals surface area (Å²) >= 11 is 0. The molecule has 5 rings (SSSR count). The van der Waals surface area contributed by atoms with Gasteiger partial charge in [-0.25, -0.2) is 4.90 Å².